The van der Waals surface area contributed by atoms with E-state index in [1.807, 2.05) is 0 Å². The van der Waals surface area contributed by atoms with E-state index in [9.17, 15) is 4.79 Å². The zero-order chi connectivity index (χ0) is 14.0. The Bertz CT molecular complexity index is 311. The minimum atomic E-state index is 0.0880. The number of piperidine rings is 1. The number of nitrogens with zero attached hydrogens (tertiary/aromatic N) is 1. The van der Waals surface area contributed by atoms with Crippen LogP contribution in [0.25, 0.3) is 0 Å². The third kappa shape index (κ3) is 3.48. The van der Waals surface area contributed by atoms with Gasteiger partial charge in [0.15, 0.2) is 0 Å². The number of carbonyl (C=O) groups is 1. The molecule has 0 aromatic heterocycles. The van der Waals surface area contributed by atoms with Gasteiger partial charge in [-0.2, -0.15) is 0 Å². The molecule has 1 saturated heterocycles. The summed E-state index contributed by atoms with van der Waals surface area (Å²) in [4.78, 5) is 12.5. The lowest BCUT2D eigenvalue weighted by Crippen LogP contribution is -2.56. The Kier molecular flexibility index (Phi) is 4.85. The van der Waals surface area contributed by atoms with Crippen LogP contribution in [0.3, 0.4) is 0 Å². The van der Waals surface area contributed by atoms with Crippen LogP contribution in [0.15, 0.2) is 0 Å². The smallest absolute Gasteiger partial charge is 0.237 e. The molecule has 1 saturated carbocycles. The molecule has 0 radical (unpaired) electrons. The molecule has 1 aliphatic carbocycles. The Hall–Kier alpha value is -0.610. The maximum Gasteiger partial charge on any atom is 0.237 e. The van der Waals surface area contributed by atoms with Crippen LogP contribution in [0.1, 0.15) is 59.3 Å². The van der Waals surface area contributed by atoms with Crippen molar-refractivity contribution in [3.8, 4) is 0 Å². The van der Waals surface area contributed by atoms with Gasteiger partial charge in [0.25, 0.3) is 0 Å². The molecule has 19 heavy (non-hydrogen) atoms. The first-order chi connectivity index (χ1) is 8.99. The number of nitrogens with one attached hydrogen (secondary N) is 1. The van der Waals surface area contributed by atoms with E-state index in [-0.39, 0.29) is 17.9 Å². The SMILES string of the molecule is CC1CCC(N)CC1C(=O)NN1C(C)CCCC1C. The molecule has 2 fully saturated rings. The van der Waals surface area contributed by atoms with Crippen molar-refractivity contribution < 1.29 is 4.79 Å². The fourth-order valence-electron chi connectivity index (χ4n) is 3.57. The molecule has 5 atom stereocenters. The summed E-state index contributed by atoms with van der Waals surface area (Å²) in [6.45, 7) is 6.58. The van der Waals surface area contributed by atoms with Gasteiger partial charge in [-0.05, 0) is 51.9 Å². The molecule has 110 valence electrons. The maximum absolute atomic E-state index is 12.5. The minimum absolute atomic E-state index is 0.0880. The average Bonchev–Trinajstić information content (AvgIpc) is 2.37. The fraction of sp³-hybridized carbons (Fsp3) is 0.933. The molecular formula is C15H29N3O. The van der Waals surface area contributed by atoms with E-state index in [0.717, 1.165) is 19.3 Å². The van der Waals surface area contributed by atoms with Crippen LogP contribution >= 0.6 is 0 Å². The van der Waals surface area contributed by atoms with Crippen molar-refractivity contribution in [3.05, 3.63) is 0 Å². The summed E-state index contributed by atoms with van der Waals surface area (Å²) in [5.74, 6) is 0.725. The van der Waals surface area contributed by atoms with Crippen LogP contribution in [0.2, 0.25) is 0 Å². The zero-order valence-electron chi connectivity index (χ0n) is 12.6. The highest BCUT2D eigenvalue weighted by molar-refractivity contribution is 5.78. The third-order valence-electron chi connectivity index (χ3n) is 5.01. The molecule has 1 heterocycles. The molecule has 3 N–H and O–H groups in total. The summed E-state index contributed by atoms with van der Waals surface area (Å²) < 4.78 is 0. The van der Waals surface area contributed by atoms with E-state index >= 15 is 0 Å². The summed E-state index contributed by atoms with van der Waals surface area (Å²) in [6.07, 6.45) is 6.57. The minimum Gasteiger partial charge on any atom is -0.328 e. The lowest BCUT2D eigenvalue weighted by molar-refractivity contribution is -0.136. The number of nitrogens with two attached hydrogens (primary N) is 1. The first kappa shape index (κ1) is 14.8. The van der Waals surface area contributed by atoms with Gasteiger partial charge in [-0.3, -0.25) is 10.2 Å². The van der Waals surface area contributed by atoms with E-state index < -0.39 is 0 Å². The number of carbonyl (C=O) groups excluding carboxylic acids is 1. The number of hydrazine groups is 1. The summed E-state index contributed by atoms with van der Waals surface area (Å²) in [5, 5.41) is 2.17. The number of rotatable bonds is 2. The number of hydrogen-bond donors (Lipinski definition) is 2. The van der Waals surface area contributed by atoms with Gasteiger partial charge >= 0.3 is 0 Å². The van der Waals surface area contributed by atoms with Crippen molar-refractivity contribution in [2.45, 2.75) is 77.4 Å². The lowest BCUT2D eigenvalue weighted by atomic mass is 9.78. The monoisotopic (exact) mass is 267 g/mol. The van der Waals surface area contributed by atoms with Crippen LogP contribution in [-0.2, 0) is 4.79 Å². The van der Waals surface area contributed by atoms with E-state index in [1.165, 1.54) is 19.3 Å². The summed E-state index contributed by atoms with van der Waals surface area (Å²) in [6, 6.07) is 1.09. The van der Waals surface area contributed by atoms with Crippen molar-refractivity contribution >= 4 is 5.91 Å². The Morgan fingerprint density at radius 1 is 1.11 bits per heavy atom. The van der Waals surface area contributed by atoms with Crippen LogP contribution in [0.4, 0.5) is 0 Å². The van der Waals surface area contributed by atoms with E-state index in [2.05, 4.69) is 31.2 Å². The fourth-order valence-corrected chi connectivity index (χ4v) is 3.57. The zero-order valence-corrected chi connectivity index (χ0v) is 12.6. The third-order valence-corrected chi connectivity index (χ3v) is 5.01. The van der Waals surface area contributed by atoms with Crippen molar-refractivity contribution in [1.82, 2.24) is 10.4 Å². The first-order valence-electron chi connectivity index (χ1n) is 7.83. The molecular weight excluding hydrogens is 238 g/mol. The molecule has 1 amide bonds. The van der Waals surface area contributed by atoms with Gasteiger partial charge in [-0.15, -0.1) is 0 Å². The second kappa shape index (κ2) is 6.23. The van der Waals surface area contributed by atoms with Crippen molar-refractivity contribution in [3.63, 3.8) is 0 Å². The van der Waals surface area contributed by atoms with Crippen molar-refractivity contribution in [1.29, 1.82) is 0 Å². The van der Waals surface area contributed by atoms with Crippen molar-refractivity contribution in [2.24, 2.45) is 17.6 Å². The highest BCUT2D eigenvalue weighted by Crippen LogP contribution is 2.30. The van der Waals surface area contributed by atoms with Crippen LogP contribution in [0.5, 0.6) is 0 Å². The predicted molar refractivity (Wildman–Crippen MR) is 77.2 cm³/mol. The van der Waals surface area contributed by atoms with Gasteiger partial charge in [0.2, 0.25) is 5.91 Å². The Morgan fingerprint density at radius 3 is 2.37 bits per heavy atom. The second-order valence-corrected chi connectivity index (χ2v) is 6.67. The Morgan fingerprint density at radius 2 is 1.74 bits per heavy atom. The molecule has 0 aromatic carbocycles. The first-order valence-corrected chi connectivity index (χ1v) is 7.83. The van der Waals surface area contributed by atoms with E-state index in [4.69, 9.17) is 5.73 Å². The molecule has 2 rings (SSSR count). The van der Waals surface area contributed by atoms with Crippen LogP contribution < -0.4 is 11.2 Å². The highest BCUT2D eigenvalue weighted by Gasteiger charge is 2.34. The molecule has 4 nitrogen and oxygen atoms in total. The predicted octanol–water partition coefficient (Wildman–Crippen LogP) is 2.04. The molecule has 2 aliphatic rings. The largest absolute Gasteiger partial charge is 0.328 e. The maximum atomic E-state index is 12.5. The molecule has 1 aliphatic heterocycles. The quantitative estimate of drug-likeness (QED) is 0.805. The average molecular weight is 267 g/mol. The Balaban J connectivity index is 1.95. The standard InChI is InChI=1S/C15H29N3O/c1-10-7-8-13(16)9-14(10)15(19)17-18-11(2)5-4-6-12(18)3/h10-14H,4-9,16H2,1-3H3,(H,17,19). The Labute approximate surface area is 117 Å². The molecule has 0 spiro atoms. The van der Waals surface area contributed by atoms with Crippen molar-refractivity contribution in [2.75, 3.05) is 0 Å². The summed E-state index contributed by atoms with van der Waals surface area (Å²) in [5.41, 5.74) is 9.20. The topological polar surface area (TPSA) is 58.4 Å². The van der Waals surface area contributed by atoms with Crippen LogP contribution in [-0.4, -0.2) is 29.0 Å². The van der Waals surface area contributed by atoms with Gasteiger partial charge in [-0.1, -0.05) is 13.3 Å². The summed E-state index contributed by atoms with van der Waals surface area (Å²) >= 11 is 0. The van der Waals surface area contributed by atoms with Gasteiger partial charge in [-0.25, -0.2) is 5.01 Å². The van der Waals surface area contributed by atoms with Gasteiger partial charge < -0.3 is 5.73 Å². The van der Waals surface area contributed by atoms with Gasteiger partial charge in [0, 0.05) is 24.0 Å². The number of amides is 1. The second-order valence-electron chi connectivity index (χ2n) is 6.67. The molecule has 0 aromatic rings. The summed E-state index contributed by atoms with van der Waals surface area (Å²) in [7, 11) is 0. The molecule has 4 heteroatoms. The molecule has 0 bridgehead atoms. The van der Waals surface area contributed by atoms with E-state index in [0.29, 0.717) is 18.0 Å². The highest BCUT2D eigenvalue weighted by atomic mass is 16.2. The normalized spacial score (nSPS) is 40.9. The van der Waals surface area contributed by atoms with Crippen LogP contribution in [0, 0.1) is 11.8 Å². The lowest BCUT2D eigenvalue weighted by Gasteiger charge is -2.41. The molecule has 5 unspecified atom stereocenters. The number of hydrogen-bond acceptors (Lipinski definition) is 3. The van der Waals surface area contributed by atoms with Gasteiger partial charge in [0.05, 0.1) is 0 Å². The van der Waals surface area contributed by atoms with Gasteiger partial charge in [0.1, 0.15) is 0 Å². The van der Waals surface area contributed by atoms with E-state index in [1.54, 1.807) is 0 Å².